The molecule has 1 fully saturated rings. The minimum atomic E-state index is -0.640. The zero-order valence-corrected chi connectivity index (χ0v) is 13.7. The van der Waals surface area contributed by atoms with Crippen LogP contribution in [0.15, 0.2) is 21.1 Å². The summed E-state index contributed by atoms with van der Waals surface area (Å²) in [5.41, 5.74) is 6.81. The predicted molar refractivity (Wildman–Crippen MR) is 83.7 cm³/mol. The number of rotatable bonds is 3. The van der Waals surface area contributed by atoms with Gasteiger partial charge in [0.05, 0.1) is 16.1 Å². The largest absolute Gasteiger partial charge is 0.392 e. The maximum atomic E-state index is 12.2. The van der Waals surface area contributed by atoms with Gasteiger partial charge in [-0.05, 0) is 69.3 Å². The molecular formula is C12H12Br2N2OS. The number of hydrogen-bond acceptors (Lipinski definition) is 2. The van der Waals surface area contributed by atoms with Gasteiger partial charge in [0.25, 0.3) is 0 Å². The normalized spacial score (nSPS) is 16.2. The Labute approximate surface area is 128 Å². The van der Waals surface area contributed by atoms with Crippen molar-refractivity contribution < 1.29 is 4.79 Å². The van der Waals surface area contributed by atoms with Crippen molar-refractivity contribution in [1.82, 2.24) is 0 Å². The van der Waals surface area contributed by atoms with Crippen molar-refractivity contribution in [1.29, 1.82) is 0 Å². The maximum Gasteiger partial charge on any atom is 0.237 e. The Bertz CT molecular complexity index is 518. The molecule has 6 heteroatoms. The van der Waals surface area contributed by atoms with Crippen LogP contribution >= 0.6 is 44.1 Å². The summed E-state index contributed by atoms with van der Waals surface area (Å²) in [6.45, 7) is 1.98. The molecule has 0 unspecified atom stereocenters. The minimum absolute atomic E-state index is 0.125. The van der Waals surface area contributed by atoms with Crippen LogP contribution in [-0.2, 0) is 4.79 Å². The fraction of sp³-hybridized carbons (Fsp3) is 0.333. The number of carbonyl (C=O) groups excluding carboxylic acids is 1. The Morgan fingerprint density at radius 3 is 2.28 bits per heavy atom. The first-order valence-corrected chi connectivity index (χ1v) is 7.43. The molecule has 0 heterocycles. The molecule has 0 radical (unpaired) electrons. The van der Waals surface area contributed by atoms with Crippen molar-refractivity contribution in [2.75, 3.05) is 5.32 Å². The van der Waals surface area contributed by atoms with Gasteiger partial charge in [-0.1, -0.05) is 12.2 Å². The summed E-state index contributed by atoms with van der Waals surface area (Å²) in [4.78, 5) is 12.5. The average molecular weight is 392 g/mol. The van der Waals surface area contributed by atoms with Gasteiger partial charge in [0, 0.05) is 8.95 Å². The van der Waals surface area contributed by atoms with E-state index < -0.39 is 5.41 Å². The molecule has 2 rings (SSSR count). The lowest BCUT2D eigenvalue weighted by atomic mass is 10.1. The maximum absolute atomic E-state index is 12.2. The van der Waals surface area contributed by atoms with Crippen LogP contribution in [0.4, 0.5) is 5.69 Å². The second kappa shape index (κ2) is 4.90. The van der Waals surface area contributed by atoms with E-state index in [9.17, 15) is 4.79 Å². The van der Waals surface area contributed by atoms with Gasteiger partial charge in [0.15, 0.2) is 0 Å². The van der Waals surface area contributed by atoms with Gasteiger partial charge in [-0.3, -0.25) is 4.79 Å². The minimum Gasteiger partial charge on any atom is -0.392 e. The summed E-state index contributed by atoms with van der Waals surface area (Å²) in [6.07, 6.45) is 1.46. The van der Waals surface area contributed by atoms with E-state index in [1.807, 2.05) is 19.1 Å². The van der Waals surface area contributed by atoms with E-state index >= 15 is 0 Å². The summed E-state index contributed by atoms with van der Waals surface area (Å²) in [5.74, 6) is -0.125. The third-order valence-electron chi connectivity index (χ3n) is 3.08. The van der Waals surface area contributed by atoms with Gasteiger partial charge in [-0.15, -0.1) is 0 Å². The van der Waals surface area contributed by atoms with E-state index in [4.69, 9.17) is 18.0 Å². The van der Waals surface area contributed by atoms with Crippen molar-refractivity contribution >= 4 is 60.7 Å². The van der Waals surface area contributed by atoms with Crippen molar-refractivity contribution in [3.8, 4) is 0 Å². The van der Waals surface area contributed by atoms with E-state index in [-0.39, 0.29) is 10.9 Å². The van der Waals surface area contributed by atoms with E-state index in [2.05, 4.69) is 37.2 Å². The molecule has 0 aliphatic heterocycles. The molecule has 3 nitrogen and oxygen atoms in total. The van der Waals surface area contributed by atoms with Crippen molar-refractivity contribution in [3.63, 3.8) is 0 Å². The first kappa shape index (κ1) is 14.0. The van der Waals surface area contributed by atoms with E-state index in [0.29, 0.717) is 5.69 Å². The summed E-state index contributed by atoms with van der Waals surface area (Å²) in [7, 11) is 0. The zero-order chi connectivity index (χ0) is 13.5. The van der Waals surface area contributed by atoms with Crippen LogP contribution in [-0.4, -0.2) is 10.9 Å². The Morgan fingerprint density at radius 1 is 1.39 bits per heavy atom. The molecule has 0 atom stereocenters. The fourth-order valence-corrected chi connectivity index (χ4v) is 3.67. The number of nitrogens with two attached hydrogens (primary N) is 1. The molecule has 1 aliphatic rings. The number of halogens is 2. The van der Waals surface area contributed by atoms with Gasteiger partial charge in [-0.25, -0.2) is 0 Å². The number of carbonyl (C=O) groups is 1. The number of amides is 1. The number of thiocarbonyl (C=S) groups is 1. The highest BCUT2D eigenvalue weighted by molar-refractivity contribution is 9.11. The topological polar surface area (TPSA) is 55.1 Å². The highest BCUT2D eigenvalue weighted by Crippen LogP contribution is 2.47. The standard InChI is InChI=1S/C12H12Br2N2OS/c1-6-4-7(13)9(8(14)5-6)16-11(17)12(2-3-12)10(15)18/h4-5H,2-3H2,1H3,(H2,15,18)(H,16,17). The summed E-state index contributed by atoms with van der Waals surface area (Å²) in [6, 6.07) is 3.89. The van der Waals surface area contributed by atoms with Crippen LogP contribution in [0, 0.1) is 12.3 Å². The highest BCUT2D eigenvalue weighted by Gasteiger charge is 2.52. The molecule has 96 valence electrons. The zero-order valence-electron chi connectivity index (χ0n) is 9.72. The number of aryl methyl sites for hydroxylation is 1. The second-order valence-electron chi connectivity index (χ2n) is 4.50. The third-order valence-corrected chi connectivity index (χ3v) is 4.72. The fourth-order valence-electron chi connectivity index (χ4n) is 1.76. The van der Waals surface area contributed by atoms with Gasteiger partial charge in [0.1, 0.15) is 0 Å². The molecule has 18 heavy (non-hydrogen) atoms. The van der Waals surface area contributed by atoms with Gasteiger partial charge in [0.2, 0.25) is 5.91 Å². The number of anilines is 1. The Kier molecular flexibility index (Phi) is 3.80. The smallest absolute Gasteiger partial charge is 0.237 e. The molecule has 1 aromatic carbocycles. The van der Waals surface area contributed by atoms with E-state index in [0.717, 1.165) is 27.4 Å². The Morgan fingerprint density at radius 2 is 1.89 bits per heavy atom. The summed E-state index contributed by atoms with van der Waals surface area (Å²) in [5, 5.41) is 2.89. The summed E-state index contributed by atoms with van der Waals surface area (Å²) >= 11 is 11.9. The Balaban J connectivity index is 2.26. The molecule has 0 saturated heterocycles. The van der Waals surface area contributed by atoms with Crippen LogP contribution in [0.25, 0.3) is 0 Å². The molecular weight excluding hydrogens is 380 g/mol. The van der Waals surface area contributed by atoms with E-state index in [1.165, 1.54) is 0 Å². The average Bonchev–Trinajstić information content (AvgIpc) is 3.03. The molecule has 1 aromatic rings. The molecule has 1 saturated carbocycles. The SMILES string of the molecule is Cc1cc(Br)c(NC(=O)C2(C(N)=S)CC2)c(Br)c1. The van der Waals surface area contributed by atoms with Crippen molar-refractivity contribution in [3.05, 3.63) is 26.6 Å². The highest BCUT2D eigenvalue weighted by atomic mass is 79.9. The van der Waals surface area contributed by atoms with Crippen molar-refractivity contribution in [2.45, 2.75) is 19.8 Å². The second-order valence-corrected chi connectivity index (χ2v) is 6.65. The number of benzene rings is 1. The van der Waals surface area contributed by atoms with Crippen LogP contribution in [0.5, 0.6) is 0 Å². The lowest BCUT2D eigenvalue weighted by Gasteiger charge is -2.16. The summed E-state index contributed by atoms with van der Waals surface area (Å²) < 4.78 is 1.67. The molecule has 3 N–H and O–H groups in total. The van der Waals surface area contributed by atoms with Gasteiger partial charge < -0.3 is 11.1 Å². The quantitative estimate of drug-likeness (QED) is 0.775. The molecule has 0 bridgehead atoms. The number of nitrogens with one attached hydrogen (secondary N) is 1. The molecule has 1 aliphatic carbocycles. The predicted octanol–water partition coefficient (Wildman–Crippen LogP) is 3.52. The monoisotopic (exact) mass is 390 g/mol. The van der Waals surface area contributed by atoms with Crippen LogP contribution in [0.2, 0.25) is 0 Å². The third kappa shape index (κ3) is 2.46. The van der Waals surface area contributed by atoms with E-state index in [1.54, 1.807) is 0 Å². The Hall–Kier alpha value is -0.460. The van der Waals surface area contributed by atoms with Crippen molar-refractivity contribution in [2.24, 2.45) is 11.1 Å². The molecule has 0 spiro atoms. The molecule has 1 amide bonds. The van der Waals surface area contributed by atoms with Gasteiger partial charge >= 0.3 is 0 Å². The van der Waals surface area contributed by atoms with Crippen LogP contribution in [0.3, 0.4) is 0 Å². The lowest BCUT2D eigenvalue weighted by Crippen LogP contribution is -2.35. The lowest BCUT2D eigenvalue weighted by molar-refractivity contribution is -0.118. The molecule has 0 aromatic heterocycles. The van der Waals surface area contributed by atoms with Gasteiger partial charge in [-0.2, -0.15) is 0 Å². The van der Waals surface area contributed by atoms with Crippen LogP contribution in [0.1, 0.15) is 18.4 Å². The first-order chi connectivity index (χ1) is 8.36. The number of hydrogen-bond donors (Lipinski definition) is 2. The van der Waals surface area contributed by atoms with Crippen LogP contribution < -0.4 is 11.1 Å². The first-order valence-electron chi connectivity index (χ1n) is 5.44.